The highest BCUT2D eigenvalue weighted by atomic mass is 35.5. The van der Waals surface area contributed by atoms with Gasteiger partial charge in [-0.05, 0) is 99.4 Å². The third-order valence-corrected chi connectivity index (χ3v) is 9.48. The van der Waals surface area contributed by atoms with Crippen LogP contribution in [0.5, 0.6) is 0 Å². The maximum absolute atomic E-state index is 13.0. The van der Waals surface area contributed by atoms with Crippen LogP contribution in [0.25, 0.3) is 0 Å². The van der Waals surface area contributed by atoms with Crippen LogP contribution in [0.4, 0.5) is 0 Å². The van der Waals surface area contributed by atoms with Gasteiger partial charge in [0.15, 0.2) is 0 Å². The van der Waals surface area contributed by atoms with E-state index < -0.39 is 16.1 Å². The van der Waals surface area contributed by atoms with E-state index >= 15 is 0 Å². The molecule has 3 N–H and O–H groups in total. The second kappa shape index (κ2) is 11.8. The molecule has 37 heavy (non-hydrogen) atoms. The number of aliphatic hydroxyl groups excluding tert-OH is 1. The number of hydrogen-bond acceptors (Lipinski definition) is 5. The molecule has 7 nitrogen and oxygen atoms in total. The van der Waals surface area contributed by atoms with Gasteiger partial charge in [0.1, 0.15) is 0 Å². The quantitative estimate of drug-likeness (QED) is 0.461. The van der Waals surface area contributed by atoms with Gasteiger partial charge >= 0.3 is 0 Å². The lowest BCUT2D eigenvalue weighted by Gasteiger charge is -2.31. The lowest BCUT2D eigenvalue weighted by Crippen LogP contribution is -2.39. The molecule has 1 saturated heterocycles. The first-order valence-electron chi connectivity index (χ1n) is 13.1. The fraction of sp³-hybridized carbons (Fsp3) is 0.536. The van der Waals surface area contributed by atoms with Gasteiger partial charge in [0.05, 0.1) is 17.0 Å². The minimum atomic E-state index is -3.79. The number of sulfonamides is 1. The van der Waals surface area contributed by atoms with Crippen molar-refractivity contribution in [1.29, 1.82) is 0 Å². The maximum atomic E-state index is 13.0. The van der Waals surface area contributed by atoms with E-state index in [-0.39, 0.29) is 29.4 Å². The summed E-state index contributed by atoms with van der Waals surface area (Å²) in [6.45, 7) is 7.72. The molecule has 3 atom stereocenters. The molecule has 1 aliphatic carbocycles. The molecule has 4 rings (SSSR count). The third kappa shape index (κ3) is 7.12. The Morgan fingerprint density at radius 2 is 1.95 bits per heavy atom. The number of hydrogen-bond donors (Lipinski definition) is 3. The number of amides is 1. The minimum absolute atomic E-state index is 0.0477. The van der Waals surface area contributed by atoms with Crippen LogP contribution in [-0.2, 0) is 27.8 Å². The molecule has 1 aliphatic heterocycles. The zero-order valence-electron chi connectivity index (χ0n) is 21.9. The number of aryl methyl sites for hydroxylation is 3. The van der Waals surface area contributed by atoms with Crippen molar-refractivity contribution >= 4 is 27.5 Å². The second-order valence-electron chi connectivity index (χ2n) is 10.7. The molecule has 9 heteroatoms. The molecule has 2 aliphatic rings. The monoisotopic (exact) mass is 547 g/mol. The van der Waals surface area contributed by atoms with E-state index in [1.165, 1.54) is 11.1 Å². The highest BCUT2D eigenvalue weighted by Gasteiger charge is 2.26. The number of likely N-dealkylation sites (tertiary alicyclic amines) is 1. The highest BCUT2D eigenvalue weighted by molar-refractivity contribution is 7.89. The molecule has 0 bridgehead atoms. The molecular formula is C28H38ClN3O4S. The number of benzene rings is 2. The Hall–Kier alpha value is -1.97. The molecule has 0 unspecified atom stereocenters. The molecule has 2 aromatic rings. The second-order valence-corrected chi connectivity index (χ2v) is 12.8. The maximum Gasteiger partial charge on any atom is 0.241 e. The summed E-state index contributed by atoms with van der Waals surface area (Å²) in [5.41, 5.74) is 4.88. The highest BCUT2D eigenvalue weighted by Crippen LogP contribution is 2.31. The topological polar surface area (TPSA) is 98.7 Å². The summed E-state index contributed by atoms with van der Waals surface area (Å²) < 4.78 is 28.5. The third-order valence-electron chi connectivity index (χ3n) is 7.34. The average Bonchev–Trinajstić information content (AvgIpc) is 2.81. The minimum Gasteiger partial charge on any atom is -0.392 e. The van der Waals surface area contributed by atoms with Crippen LogP contribution in [0.3, 0.4) is 0 Å². The number of β-amino-alcohol motifs (C(OH)–C–C–N with tert-alkyl or cyclic N) is 1. The number of fused-ring (bicyclic) bond motifs is 1. The van der Waals surface area contributed by atoms with Crippen LogP contribution in [0.1, 0.15) is 72.9 Å². The Morgan fingerprint density at radius 1 is 1.16 bits per heavy atom. The smallest absolute Gasteiger partial charge is 0.241 e. The Balaban J connectivity index is 1.36. The molecule has 1 fully saturated rings. The Bertz CT molecular complexity index is 1250. The van der Waals surface area contributed by atoms with E-state index in [0.29, 0.717) is 16.1 Å². The molecular weight excluding hydrogens is 510 g/mol. The van der Waals surface area contributed by atoms with Gasteiger partial charge in [0.25, 0.3) is 0 Å². The van der Waals surface area contributed by atoms with Crippen LogP contribution in [0, 0.1) is 13.8 Å². The summed E-state index contributed by atoms with van der Waals surface area (Å²) in [5.74, 6) is -0.177. The van der Waals surface area contributed by atoms with Gasteiger partial charge in [0, 0.05) is 30.6 Å². The van der Waals surface area contributed by atoms with Crippen molar-refractivity contribution in [2.24, 2.45) is 0 Å². The molecule has 202 valence electrons. The van der Waals surface area contributed by atoms with E-state index in [1.807, 2.05) is 0 Å². The van der Waals surface area contributed by atoms with E-state index in [2.05, 4.69) is 33.1 Å². The molecule has 1 amide bonds. The number of carbonyl (C=O) groups excluding carboxylic acids is 1. The van der Waals surface area contributed by atoms with Crippen molar-refractivity contribution in [2.45, 2.75) is 88.9 Å². The van der Waals surface area contributed by atoms with Gasteiger partial charge in [-0.15, -0.1) is 0 Å². The molecule has 0 aromatic heterocycles. The van der Waals surface area contributed by atoms with Crippen molar-refractivity contribution in [3.8, 4) is 0 Å². The van der Waals surface area contributed by atoms with E-state index in [4.69, 9.17) is 11.6 Å². The molecule has 0 spiro atoms. The van der Waals surface area contributed by atoms with Crippen LogP contribution >= 0.6 is 11.6 Å². The fourth-order valence-corrected chi connectivity index (χ4v) is 7.27. The number of piperidine rings is 1. The molecule has 1 heterocycles. The van der Waals surface area contributed by atoms with Gasteiger partial charge in [-0.1, -0.05) is 29.8 Å². The van der Waals surface area contributed by atoms with Gasteiger partial charge in [-0.3, -0.25) is 9.69 Å². The first-order chi connectivity index (χ1) is 17.5. The van der Waals surface area contributed by atoms with Crippen LogP contribution in [-0.4, -0.2) is 49.6 Å². The molecule has 0 radical (unpaired) electrons. The number of rotatable bonds is 8. The van der Waals surface area contributed by atoms with E-state index in [9.17, 15) is 18.3 Å². The van der Waals surface area contributed by atoms with Crippen molar-refractivity contribution in [3.05, 3.63) is 63.2 Å². The fourth-order valence-electron chi connectivity index (χ4n) is 5.49. The van der Waals surface area contributed by atoms with Crippen LogP contribution in [0.2, 0.25) is 5.02 Å². The summed E-state index contributed by atoms with van der Waals surface area (Å²) in [6.07, 6.45) is 4.54. The predicted molar refractivity (Wildman–Crippen MR) is 146 cm³/mol. The van der Waals surface area contributed by atoms with E-state index in [0.717, 1.165) is 57.3 Å². The average molecular weight is 548 g/mol. The predicted octanol–water partition coefficient (Wildman–Crippen LogP) is 4.16. The summed E-state index contributed by atoms with van der Waals surface area (Å²) in [6, 6.07) is 9.04. The number of halogens is 1. The number of nitrogens with zero attached hydrogens (tertiary/aromatic N) is 1. The Morgan fingerprint density at radius 3 is 2.70 bits per heavy atom. The SMILES string of the molecule is Cc1cc(S(=O)(=O)N[C@@H](C)CC(=O)N[C@@H]2CCCc3cc(CN4CCC[C@@H](O)C4)ccc32)c(C)cc1Cl. The number of carbonyl (C=O) groups is 1. The first-order valence-corrected chi connectivity index (χ1v) is 15.0. The van der Waals surface area contributed by atoms with Gasteiger partial charge in [-0.25, -0.2) is 13.1 Å². The lowest BCUT2D eigenvalue weighted by atomic mass is 9.86. The van der Waals surface area contributed by atoms with Crippen molar-refractivity contribution in [2.75, 3.05) is 13.1 Å². The van der Waals surface area contributed by atoms with Gasteiger partial charge in [0.2, 0.25) is 15.9 Å². The number of aliphatic hydroxyl groups is 1. The summed E-state index contributed by atoms with van der Waals surface area (Å²) >= 11 is 6.12. The van der Waals surface area contributed by atoms with Crippen LogP contribution in [0.15, 0.2) is 35.2 Å². The Kier molecular flexibility index (Phi) is 8.96. The normalized spacial score (nSPS) is 21.3. The summed E-state index contributed by atoms with van der Waals surface area (Å²) in [7, 11) is -3.79. The van der Waals surface area contributed by atoms with Crippen molar-refractivity contribution in [1.82, 2.24) is 14.9 Å². The zero-order chi connectivity index (χ0) is 26.7. The van der Waals surface area contributed by atoms with Crippen LogP contribution < -0.4 is 10.0 Å². The standard InChI is InChI=1S/C28H38ClN3O4S/c1-18-13-27(19(2)12-25(18)29)37(35,36)31-20(3)14-28(34)30-26-8-4-6-22-15-21(9-10-24(22)26)16-32-11-5-7-23(33)17-32/h9-10,12-13,15,20,23,26,31,33H,4-8,11,14,16-17H2,1-3H3,(H,30,34)/t20-,23+,26+/m0/s1. The number of nitrogens with one attached hydrogen (secondary N) is 2. The van der Waals surface area contributed by atoms with Crippen molar-refractivity contribution in [3.63, 3.8) is 0 Å². The largest absolute Gasteiger partial charge is 0.392 e. The van der Waals surface area contributed by atoms with Gasteiger partial charge in [-0.2, -0.15) is 0 Å². The molecule has 0 saturated carbocycles. The van der Waals surface area contributed by atoms with Gasteiger partial charge < -0.3 is 10.4 Å². The molecule has 2 aromatic carbocycles. The first kappa shape index (κ1) is 28.0. The van der Waals surface area contributed by atoms with E-state index in [1.54, 1.807) is 32.9 Å². The zero-order valence-corrected chi connectivity index (χ0v) is 23.5. The summed E-state index contributed by atoms with van der Waals surface area (Å²) in [5, 5.41) is 13.6. The lowest BCUT2D eigenvalue weighted by molar-refractivity contribution is -0.122. The van der Waals surface area contributed by atoms with Crippen molar-refractivity contribution < 1.29 is 18.3 Å². The Labute approximate surface area is 225 Å². The summed E-state index contributed by atoms with van der Waals surface area (Å²) in [4.78, 5) is 15.4.